The number of para-hydroxylation sites is 1. The van der Waals surface area contributed by atoms with Crippen LogP contribution in [0.1, 0.15) is 24.5 Å². The first-order valence-electron chi connectivity index (χ1n) is 13.4. The standard InChI is InChI=1S/C30H31ClFN3O4Si/c1-18-27(40(2,3)32)26(14-15-36)39-30(18)23-16-20(31)10-13-25(23)34(29(30)38)17-19-8-11-21(12-9-19)35-28(37)22-6-4-5-7-24(22)33-35/h4-13,16,18,26-27,33,36H,14-15,17H2,1-3H3/t18-,26+,27-,30+/m1/s1. The summed E-state index contributed by atoms with van der Waals surface area (Å²) < 4.78 is 23.7. The van der Waals surface area contributed by atoms with Crippen LogP contribution in [0.25, 0.3) is 16.6 Å². The summed E-state index contributed by atoms with van der Waals surface area (Å²) in [5, 5.41) is 13.9. The summed E-state index contributed by atoms with van der Waals surface area (Å²) in [6.07, 6.45) is -0.314. The largest absolute Gasteiger partial charge is 0.396 e. The number of H-pyrrole nitrogens is 1. The molecule has 0 aliphatic carbocycles. The SMILES string of the molecule is C[C@@H]1[C@@H]([Si](C)(C)F)[C@H](CCO)O[C@@]12C(=O)N(Cc1ccc(-n3[nH]c4ccccc4c3=O)cc1)c1ccc(Cl)cc12. The first-order valence-corrected chi connectivity index (χ1v) is 16.8. The van der Waals surface area contributed by atoms with E-state index >= 15 is 4.11 Å². The quantitative estimate of drug-likeness (QED) is 0.227. The number of nitrogens with zero attached hydrogens (tertiary/aromatic N) is 2. The van der Waals surface area contributed by atoms with Gasteiger partial charge in [-0.1, -0.05) is 42.8 Å². The third-order valence-electron chi connectivity index (χ3n) is 8.46. The molecule has 4 aromatic rings. The number of halogens is 2. The number of fused-ring (bicyclic) bond motifs is 3. The zero-order valence-electron chi connectivity index (χ0n) is 22.5. The Bertz CT molecular complexity index is 1660. The number of benzene rings is 3. The van der Waals surface area contributed by atoms with Crippen molar-refractivity contribution in [2.45, 2.75) is 50.2 Å². The van der Waals surface area contributed by atoms with Crippen molar-refractivity contribution in [3.8, 4) is 5.69 Å². The number of aromatic amines is 1. The van der Waals surface area contributed by atoms with E-state index in [-0.39, 0.29) is 31.0 Å². The van der Waals surface area contributed by atoms with Crippen molar-refractivity contribution in [3.05, 3.63) is 93.2 Å². The Hall–Kier alpha value is -3.24. The number of rotatable bonds is 6. The summed E-state index contributed by atoms with van der Waals surface area (Å²) in [6.45, 7) is 5.27. The number of hydrogen-bond donors (Lipinski definition) is 2. The number of nitrogens with one attached hydrogen (secondary N) is 1. The average molecular weight is 580 g/mol. The second-order valence-corrected chi connectivity index (χ2v) is 15.5. The zero-order chi connectivity index (χ0) is 28.4. The molecule has 1 amide bonds. The maximum Gasteiger partial charge on any atom is 0.279 e. The number of amides is 1. The number of aliphatic hydroxyl groups excluding tert-OH is 1. The van der Waals surface area contributed by atoms with Gasteiger partial charge in [-0.05, 0) is 67.5 Å². The van der Waals surface area contributed by atoms with Crippen LogP contribution in [-0.2, 0) is 21.7 Å². The third kappa shape index (κ3) is 4.06. The molecule has 2 N–H and O–H groups in total. The van der Waals surface area contributed by atoms with Crippen molar-refractivity contribution in [2.24, 2.45) is 5.92 Å². The number of carbonyl (C=O) groups excluding carboxylic acids is 1. The Morgan fingerprint density at radius 3 is 2.50 bits per heavy atom. The summed E-state index contributed by atoms with van der Waals surface area (Å²) in [7, 11) is -3.27. The molecule has 1 fully saturated rings. The van der Waals surface area contributed by atoms with E-state index in [9.17, 15) is 14.7 Å². The minimum Gasteiger partial charge on any atom is -0.396 e. The highest BCUT2D eigenvalue weighted by molar-refractivity contribution is 6.72. The molecule has 0 saturated carbocycles. The van der Waals surface area contributed by atoms with Crippen LogP contribution in [0.4, 0.5) is 9.80 Å². The molecule has 1 spiro atoms. The summed E-state index contributed by atoms with van der Waals surface area (Å²) in [5.41, 5.74) is 1.63. The molecule has 208 valence electrons. The van der Waals surface area contributed by atoms with Crippen LogP contribution in [0, 0.1) is 5.92 Å². The van der Waals surface area contributed by atoms with Crippen LogP contribution < -0.4 is 10.5 Å². The van der Waals surface area contributed by atoms with Gasteiger partial charge in [-0.15, -0.1) is 0 Å². The van der Waals surface area contributed by atoms with E-state index in [0.29, 0.717) is 27.3 Å². The highest BCUT2D eigenvalue weighted by Gasteiger charge is 2.66. The minimum atomic E-state index is -3.27. The zero-order valence-corrected chi connectivity index (χ0v) is 24.3. The van der Waals surface area contributed by atoms with Gasteiger partial charge in [0.25, 0.3) is 11.5 Å². The monoisotopic (exact) mass is 579 g/mol. The lowest BCUT2D eigenvalue weighted by Crippen LogP contribution is -2.45. The summed E-state index contributed by atoms with van der Waals surface area (Å²) in [5.74, 6) is -0.696. The molecule has 2 aliphatic heterocycles. The molecular weight excluding hydrogens is 549 g/mol. The number of anilines is 1. The van der Waals surface area contributed by atoms with E-state index in [0.717, 1.165) is 11.1 Å². The molecule has 3 heterocycles. The predicted molar refractivity (Wildman–Crippen MR) is 156 cm³/mol. The van der Waals surface area contributed by atoms with Gasteiger partial charge < -0.3 is 18.9 Å². The van der Waals surface area contributed by atoms with E-state index in [4.69, 9.17) is 16.3 Å². The van der Waals surface area contributed by atoms with Gasteiger partial charge in [-0.2, -0.15) is 0 Å². The second kappa shape index (κ2) is 9.69. The predicted octanol–water partition coefficient (Wildman–Crippen LogP) is 5.68. The van der Waals surface area contributed by atoms with E-state index in [2.05, 4.69) is 5.10 Å². The smallest absolute Gasteiger partial charge is 0.279 e. The summed E-state index contributed by atoms with van der Waals surface area (Å²) in [4.78, 5) is 28.8. The lowest BCUT2D eigenvalue weighted by molar-refractivity contribution is -0.146. The average Bonchev–Trinajstić information content (AvgIpc) is 3.49. The van der Waals surface area contributed by atoms with Gasteiger partial charge in [-0.25, -0.2) is 4.68 Å². The molecule has 10 heteroatoms. The maximum absolute atomic E-state index is 15.7. The molecule has 6 rings (SSSR count). The molecule has 2 aliphatic rings. The van der Waals surface area contributed by atoms with E-state index in [1.54, 1.807) is 36.2 Å². The molecule has 0 radical (unpaired) electrons. The van der Waals surface area contributed by atoms with Crippen molar-refractivity contribution in [3.63, 3.8) is 0 Å². The molecule has 0 bridgehead atoms. The molecular formula is C30H31ClFN3O4Si. The minimum absolute atomic E-state index is 0.135. The van der Waals surface area contributed by atoms with Crippen LogP contribution in [0.2, 0.25) is 23.7 Å². The number of aromatic nitrogens is 2. The van der Waals surface area contributed by atoms with Gasteiger partial charge in [-0.3, -0.25) is 14.7 Å². The van der Waals surface area contributed by atoms with Crippen molar-refractivity contribution in [1.29, 1.82) is 0 Å². The molecule has 1 aromatic heterocycles. The van der Waals surface area contributed by atoms with Gasteiger partial charge >= 0.3 is 0 Å². The molecule has 0 unspecified atom stereocenters. The van der Waals surface area contributed by atoms with Gasteiger partial charge in [0.15, 0.2) is 5.60 Å². The molecule has 1 saturated heterocycles. The van der Waals surface area contributed by atoms with Crippen LogP contribution >= 0.6 is 11.6 Å². The first-order chi connectivity index (χ1) is 19.1. The van der Waals surface area contributed by atoms with Crippen molar-refractivity contribution < 1.29 is 18.7 Å². The second-order valence-electron chi connectivity index (χ2n) is 11.3. The fourth-order valence-corrected chi connectivity index (χ4v) is 9.46. The van der Waals surface area contributed by atoms with Gasteiger partial charge in [0.1, 0.15) is 0 Å². The van der Waals surface area contributed by atoms with Crippen LogP contribution in [-0.4, -0.2) is 41.9 Å². The summed E-state index contributed by atoms with van der Waals surface area (Å²) >= 11 is 6.41. The fourth-order valence-electron chi connectivity index (χ4n) is 6.75. The maximum atomic E-state index is 15.7. The lowest BCUT2D eigenvalue weighted by atomic mass is 9.82. The van der Waals surface area contributed by atoms with Gasteiger partial charge in [0, 0.05) is 28.7 Å². The molecule has 3 aromatic carbocycles. The molecule has 4 atom stereocenters. The lowest BCUT2D eigenvalue weighted by Gasteiger charge is -2.31. The Morgan fingerprint density at radius 2 is 1.82 bits per heavy atom. The molecule has 40 heavy (non-hydrogen) atoms. The summed E-state index contributed by atoms with van der Waals surface area (Å²) in [6, 6.07) is 20.1. The van der Waals surface area contributed by atoms with Crippen molar-refractivity contribution >= 4 is 42.5 Å². The van der Waals surface area contributed by atoms with Gasteiger partial charge in [0.2, 0.25) is 8.41 Å². The first kappa shape index (κ1) is 27.0. The fraction of sp³-hybridized carbons (Fsp3) is 0.333. The van der Waals surface area contributed by atoms with E-state index in [1.807, 2.05) is 55.5 Å². The highest BCUT2D eigenvalue weighted by Crippen LogP contribution is 2.60. The Balaban J connectivity index is 1.36. The Morgan fingerprint density at radius 1 is 1.10 bits per heavy atom. The number of aliphatic hydroxyl groups is 1. The van der Waals surface area contributed by atoms with Crippen LogP contribution in [0.3, 0.4) is 0 Å². The van der Waals surface area contributed by atoms with Crippen molar-refractivity contribution in [2.75, 3.05) is 11.5 Å². The van der Waals surface area contributed by atoms with E-state index < -0.39 is 31.6 Å². The number of hydrogen-bond acceptors (Lipinski definition) is 4. The van der Waals surface area contributed by atoms with Crippen LogP contribution in [0.15, 0.2) is 71.5 Å². The Labute approximate surface area is 237 Å². The van der Waals surface area contributed by atoms with Crippen LogP contribution in [0.5, 0.6) is 0 Å². The number of carbonyl (C=O) groups is 1. The van der Waals surface area contributed by atoms with Crippen molar-refractivity contribution in [1.82, 2.24) is 9.78 Å². The molecule has 7 nitrogen and oxygen atoms in total. The topological polar surface area (TPSA) is 87.6 Å². The number of ether oxygens (including phenoxy) is 1. The Kier molecular flexibility index (Phi) is 6.53. The van der Waals surface area contributed by atoms with E-state index in [1.165, 1.54) is 4.68 Å². The van der Waals surface area contributed by atoms with Gasteiger partial charge in [0.05, 0.1) is 34.9 Å². The third-order valence-corrected chi connectivity index (χ3v) is 11.2. The highest BCUT2D eigenvalue weighted by atomic mass is 35.5. The normalized spacial score (nSPS) is 24.4.